The number of aryl methyl sites for hydroxylation is 1. The largest absolute Gasteiger partial charge is 0.435 e. The highest BCUT2D eigenvalue weighted by atomic mass is 35.5. The molecule has 1 N–H and O–H groups in total. The lowest BCUT2D eigenvalue weighted by atomic mass is 10.2. The van der Waals surface area contributed by atoms with Gasteiger partial charge in [-0.2, -0.15) is 13.9 Å². The van der Waals surface area contributed by atoms with Crippen LogP contribution in [-0.2, 0) is 11.3 Å². The topological polar surface area (TPSA) is 56.1 Å². The number of amides is 1. The molecule has 1 aromatic heterocycles. The van der Waals surface area contributed by atoms with Crippen LogP contribution in [0.15, 0.2) is 54.6 Å². The van der Waals surface area contributed by atoms with E-state index in [1.54, 1.807) is 28.9 Å². The van der Waals surface area contributed by atoms with E-state index in [-0.39, 0.29) is 5.75 Å². The molecule has 0 bridgehead atoms. The fourth-order valence-corrected chi connectivity index (χ4v) is 2.87. The summed E-state index contributed by atoms with van der Waals surface area (Å²) in [6.45, 7) is -0.748. The van der Waals surface area contributed by atoms with Gasteiger partial charge >= 0.3 is 6.61 Å². The Labute approximate surface area is 175 Å². The number of alkyl halides is 2. The minimum Gasteiger partial charge on any atom is -0.435 e. The number of nitrogens with zero attached hydrogens (tertiary/aromatic N) is 2. The Hall–Kier alpha value is -3.26. The summed E-state index contributed by atoms with van der Waals surface area (Å²) >= 11 is 6.05. The van der Waals surface area contributed by atoms with Crippen LogP contribution >= 0.6 is 11.6 Å². The smallest absolute Gasteiger partial charge is 0.387 e. The van der Waals surface area contributed by atoms with E-state index >= 15 is 0 Å². The molecule has 2 aromatic carbocycles. The first kappa shape index (κ1) is 21.4. The van der Waals surface area contributed by atoms with Gasteiger partial charge in [0.1, 0.15) is 11.6 Å². The molecule has 0 aliphatic heterocycles. The molecule has 3 aromatic rings. The lowest BCUT2D eigenvalue weighted by Gasteiger charge is -2.06. The van der Waals surface area contributed by atoms with Crippen molar-refractivity contribution in [2.45, 2.75) is 20.1 Å². The molecule has 1 heterocycles. The third-order valence-electron chi connectivity index (χ3n) is 4.10. The van der Waals surface area contributed by atoms with Crippen LogP contribution in [0.25, 0.3) is 6.08 Å². The molecular weight excluding hydrogens is 419 g/mol. The summed E-state index contributed by atoms with van der Waals surface area (Å²) in [5, 5.41) is 7.25. The molecule has 0 radical (unpaired) electrons. The molecular formula is C21H17ClF3N3O2. The number of benzene rings is 2. The lowest BCUT2D eigenvalue weighted by molar-refractivity contribution is -0.111. The molecule has 0 aliphatic carbocycles. The second kappa shape index (κ2) is 9.49. The van der Waals surface area contributed by atoms with Crippen LogP contribution in [0.5, 0.6) is 5.75 Å². The van der Waals surface area contributed by atoms with Crippen molar-refractivity contribution in [1.82, 2.24) is 9.78 Å². The van der Waals surface area contributed by atoms with Crippen LogP contribution in [0.3, 0.4) is 0 Å². The van der Waals surface area contributed by atoms with E-state index in [1.165, 1.54) is 36.4 Å². The van der Waals surface area contributed by atoms with E-state index in [9.17, 15) is 18.0 Å². The number of nitrogens with one attached hydrogen (secondary N) is 1. The Morgan fingerprint density at radius 3 is 2.63 bits per heavy atom. The Balaban J connectivity index is 1.61. The van der Waals surface area contributed by atoms with Crippen LogP contribution in [0.2, 0.25) is 5.02 Å². The van der Waals surface area contributed by atoms with Crippen molar-refractivity contribution in [3.63, 3.8) is 0 Å². The summed E-state index contributed by atoms with van der Waals surface area (Å²) in [6, 6.07) is 11.7. The third kappa shape index (κ3) is 5.87. The fourth-order valence-electron chi connectivity index (χ4n) is 2.64. The van der Waals surface area contributed by atoms with Crippen molar-refractivity contribution in [2.24, 2.45) is 0 Å². The zero-order valence-electron chi connectivity index (χ0n) is 15.8. The van der Waals surface area contributed by atoms with Gasteiger partial charge in [0.2, 0.25) is 5.91 Å². The average Bonchev–Trinajstić information content (AvgIpc) is 3.02. The van der Waals surface area contributed by atoms with Gasteiger partial charge in [-0.05, 0) is 48.4 Å². The number of halogens is 4. The van der Waals surface area contributed by atoms with Crippen LogP contribution in [-0.4, -0.2) is 22.3 Å². The van der Waals surface area contributed by atoms with E-state index in [4.69, 9.17) is 11.6 Å². The molecule has 156 valence electrons. The molecule has 0 saturated carbocycles. The normalized spacial score (nSPS) is 11.3. The van der Waals surface area contributed by atoms with Crippen molar-refractivity contribution in [3.8, 4) is 5.75 Å². The predicted molar refractivity (Wildman–Crippen MR) is 108 cm³/mol. The molecule has 0 aliphatic rings. The van der Waals surface area contributed by atoms with Gasteiger partial charge in [0.25, 0.3) is 0 Å². The minimum atomic E-state index is -2.89. The van der Waals surface area contributed by atoms with Crippen molar-refractivity contribution in [1.29, 1.82) is 0 Å². The second-order valence-corrected chi connectivity index (χ2v) is 6.74. The van der Waals surface area contributed by atoms with Gasteiger partial charge in [0, 0.05) is 22.9 Å². The average molecular weight is 436 g/mol. The Morgan fingerprint density at radius 2 is 1.97 bits per heavy atom. The monoisotopic (exact) mass is 435 g/mol. The molecule has 30 heavy (non-hydrogen) atoms. The summed E-state index contributed by atoms with van der Waals surface area (Å²) in [5.74, 6) is -0.445. The van der Waals surface area contributed by atoms with Gasteiger partial charge in [-0.25, -0.2) is 4.39 Å². The number of ether oxygens (including phenoxy) is 1. The number of carbonyl (C=O) groups excluding carboxylic acids is 1. The number of carbonyl (C=O) groups is 1. The Morgan fingerprint density at radius 1 is 1.23 bits per heavy atom. The van der Waals surface area contributed by atoms with Gasteiger partial charge in [-0.3, -0.25) is 9.48 Å². The number of anilines is 1. The highest BCUT2D eigenvalue weighted by Gasteiger charge is 2.09. The standard InChI is InChI=1S/C21H17ClF3N3O2/c1-13-10-19(27-28(13)12-15-5-6-16(23)11-18(15)22)26-20(29)9-4-14-2-7-17(8-3-14)30-21(24)25/h2-11,21H,12H2,1H3,(H,26,27,29)/b9-4-. The SMILES string of the molecule is Cc1cc(NC(=O)/C=C\c2ccc(OC(F)F)cc2)nn1Cc1ccc(F)cc1Cl. The van der Waals surface area contributed by atoms with Crippen molar-refractivity contribution >= 4 is 29.4 Å². The van der Waals surface area contributed by atoms with E-state index < -0.39 is 18.3 Å². The maximum Gasteiger partial charge on any atom is 0.387 e. The van der Waals surface area contributed by atoms with Gasteiger partial charge in [-0.15, -0.1) is 0 Å². The molecule has 0 fully saturated rings. The summed E-state index contributed by atoms with van der Waals surface area (Å²) < 4.78 is 43.4. The molecule has 0 atom stereocenters. The fraction of sp³-hybridized carbons (Fsp3) is 0.143. The van der Waals surface area contributed by atoms with Crippen molar-refractivity contribution < 1.29 is 22.7 Å². The summed E-state index contributed by atoms with van der Waals surface area (Å²) in [5.41, 5.74) is 2.12. The highest BCUT2D eigenvalue weighted by Crippen LogP contribution is 2.20. The van der Waals surface area contributed by atoms with E-state index in [2.05, 4.69) is 15.2 Å². The number of rotatable bonds is 7. The quantitative estimate of drug-likeness (QED) is 0.513. The lowest BCUT2D eigenvalue weighted by Crippen LogP contribution is -2.10. The first-order valence-electron chi connectivity index (χ1n) is 8.82. The maximum atomic E-state index is 13.2. The molecule has 9 heteroatoms. The molecule has 5 nitrogen and oxygen atoms in total. The molecule has 0 spiro atoms. The van der Waals surface area contributed by atoms with Gasteiger partial charge < -0.3 is 10.1 Å². The van der Waals surface area contributed by atoms with Crippen LogP contribution in [0, 0.1) is 12.7 Å². The Kier molecular flexibility index (Phi) is 6.79. The van der Waals surface area contributed by atoms with Crippen LogP contribution in [0.1, 0.15) is 16.8 Å². The van der Waals surface area contributed by atoms with E-state index in [1.807, 2.05) is 6.92 Å². The van der Waals surface area contributed by atoms with Crippen LogP contribution in [0.4, 0.5) is 19.0 Å². The highest BCUT2D eigenvalue weighted by molar-refractivity contribution is 6.31. The Bertz CT molecular complexity index is 1070. The number of aromatic nitrogens is 2. The zero-order valence-corrected chi connectivity index (χ0v) is 16.5. The molecule has 0 unspecified atom stereocenters. The van der Waals surface area contributed by atoms with Crippen LogP contribution < -0.4 is 10.1 Å². The number of hydrogen-bond donors (Lipinski definition) is 1. The maximum absolute atomic E-state index is 13.2. The summed E-state index contributed by atoms with van der Waals surface area (Å²) in [4.78, 5) is 12.1. The van der Waals surface area contributed by atoms with Gasteiger partial charge in [0.15, 0.2) is 5.82 Å². The first-order chi connectivity index (χ1) is 14.3. The molecule has 1 amide bonds. The van der Waals surface area contributed by atoms with Gasteiger partial charge in [-0.1, -0.05) is 29.8 Å². The minimum absolute atomic E-state index is 0.0360. The predicted octanol–water partition coefficient (Wildman–Crippen LogP) is 5.29. The van der Waals surface area contributed by atoms with Crippen molar-refractivity contribution in [3.05, 3.63) is 82.3 Å². The van der Waals surface area contributed by atoms with E-state index in [0.717, 1.165) is 5.69 Å². The third-order valence-corrected chi connectivity index (χ3v) is 4.45. The van der Waals surface area contributed by atoms with Crippen molar-refractivity contribution in [2.75, 3.05) is 5.32 Å². The number of hydrogen-bond acceptors (Lipinski definition) is 3. The summed E-state index contributed by atoms with van der Waals surface area (Å²) in [7, 11) is 0. The molecule has 3 rings (SSSR count). The van der Waals surface area contributed by atoms with Gasteiger partial charge in [0.05, 0.1) is 6.54 Å². The van der Waals surface area contributed by atoms with E-state index in [0.29, 0.717) is 28.5 Å². The zero-order chi connectivity index (χ0) is 21.7. The first-order valence-corrected chi connectivity index (χ1v) is 9.20. The summed E-state index contributed by atoms with van der Waals surface area (Å²) in [6.07, 6.45) is 2.83. The molecule has 0 saturated heterocycles. The second-order valence-electron chi connectivity index (χ2n) is 6.33.